The molecule has 8 heteroatoms. The van der Waals surface area contributed by atoms with Crippen LogP contribution in [0.15, 0.2) is 71.8 Å². The quantitative estimate of drug-likeness (QED) is 0.385. The van der Waals surface area contributed by atoms with Crippen molar-refractivity contribution in [3.05, 3.63) is 93.5 Å². The first kappa shape index (κ1) is 22.3. The molecule has 0 fully saturated rings. The van der Waals surface area contributed by atoms with E-state index in [2.05, 4.69) is 15.8 Å². The summed E-state index contributed by atoms with van der Waals surface area (Å²) in [7, 11) is 1.54. The number of amides is 2. The number of hydrogen-bond donors (Lipinski definition) is 2. The van der Waals surface area contributed by atoms with Gasteiger partial charge in [0.1, 0.15) is 5.75 Å². The first-order valence-corrected chi connectivity index (χ1v) is 9.98. The summed E-state index contributed by atoms with van der Waals surface area (Å²) in [5, 5.41) is 7.65. The van der Waals surface area contributed by atoms with Crippen LogP contribution < -0.4 is 15.5 Å². The van der Waals surface area contributed by atoms with Crippen LogP contribution in [0.25, 0.3) is 0 Å². The van der Waals surface area contributed by atoms with Crippen LogP contribution in [-0.2, 0) is 0 Å². The third kappa shape index (κ3) is 5.84. The van der Waals surface area contributed by atoms with Gasteiger partial charge in [0, 0.05) is 16.3 Å². The van der Waals surface area contributed by atoms with Crippen molar-refractivity contribution >= 4 is 46.4 Å². The summed E-state index contributed by atoms with van der Waals surface area (Å²) in [6.45, 7) is 1.77. The maximum absolute atomic E-state index is 12.4. The molecule has 3 aromatic carbocycles. The fourth-order valence-corrected chi connectivity index (χ4v) is 3.19. The third-order valence-corrected chi connectivity index (χ3v) is 4.94. The number of hydrogen-bond acceptors (Lipinski definition) is 4. The number of ether oxygens (including phenoxy) is 1. The van der Waals surface area contributed by atoms with Crippen LogP contribution >= 0.6 is 23.2 Å². The lowest BCUT2D eigenvalue weighted by Gasteiger charge is -2.08. The Balaban J connectivity index is 1.64. The van der Waals surface area contributed by atoms with Gasteiger partial charge < -0.3 is 10.1 Å². The molecule has 0 unspecified atom stereocenters. The second-order valence-corrected chi connectivity index (χ2v) is 7.37. The van der Waals surface area contributed by atoms with Gasteiger partial charge in [0.2, 0.25) is 0 Å². The van der Waals surface area contributed by atoms with E-state index in [4.69, 9.17) is 27.9 Å². The molecule has 0 atom stereocenters. The second kappa shape index (κ2) is 10.1. The van der Waals surface area contributed by atoms with Gasteiger partial charge in [0.05, 0.1) is 23.4 Å². The topological polar surface area (TPSA) is 79.8 Å². The Labute approximate surface area is 189 Å². The molecule has 6 nitrogen and oxygen atoms in total. The Morgan fingerprint density at radius 3 is 2.32 bits per heavy atom. The lowest BCUT2D eigenvalue weighted by molar-refractivity contribution is 0.0953. The van der Waals surface area contributed by atoms with E-state index in [0.717, 1.165) is 5.56 Å². The summed E-state index contributed by atoms with van der Waals surface area (Å²) < 4.78 is 5.12. The molecule has 0 radical (unpaired) electrons. The molecule has 3 aromatic rings. The number of hydrazone groups is 1. The summed E-state index contributed by atoms with van der Waals surface area (Å²) >= 11 is 11.9. The van der Waals surface area contributed by atoms with Crippen LogP contribution in [-0.4, -0.2) is 24.6 Å². The van der Waals surface area contributed by atoms with E-state index in [9.17, 15) is 9.59 Å². The molecule has 0 aliphatic rings. The average Bonchev–Trinajstić information content (AvgIpc) is 2.77. The number of rotatable bonds is 6. The molecule has 3 rings (SSSR count). The fourth-order valence-electron chi connectivity index (χ4n) is 2.69. The van der Waals surface area contributed by atoms with Gasteiger partial charge in [0.15, 0.2) is 0 Å². The molecule has 2 amide bonds. The Bertz CT molecular complexity index is 1150. The van der Waals surface area contributed by atoms with Crippen molar-refractivity contribution in [1.29, 1.82) is 0 Å². The zero-order valence-corrected chi connectivity index (χ0v) is 18.3. The lowest BCUT2D eigenvalue weighted by Crippen LogP contribution is -2.19. The SMILES string of the molecule is COc1cccc(C(=O)N/N=C(\C)c2ccc(NC(=O)c3ccc(Cl)cc3Cl)cc2)c1. The van der Waals surface area contributed by atoms with Gasteiger partial charge in [-0.3, -0.25) is 9.59 Å². The first-order valence-electron chi connectivity index (χ1n) is 9.23. The maximum Gasteiger partial charge on any atom is 0.271 e. The van der Waals surface area contributed by atoms with Gasteiger partial charge in [0.25, 0.3) is 11.8 Å². The number of nitrogens with one attached hydrogen (secondary N) is 2. The highest BCUT2D eigenvalue weighted by Gasteiger charge is 2.11. The minimum atomic E-state index is -0.345. The maximum atomic E-state index is 12.4. The number of carbonyl (C=O) groups excluding carboxylic acids is 2. The number of methoxy groups -OCH3 is 1. The molecule has 0 heterocycles. The van der Waals surface area contributed by atoms with E-state index in [-0.39, 0.29) is 16.8 Å². The molecule has 0 saturated carbocycles. The number of carbonyl (C=O) groups is 2. The molecule has 0 aromatic heterocycles. The van der Waals surface area contributed by atoms with Crippen molar-refractivity contribution in [3.63, 3.8) is 0 Å². The smallest absolute Gasteiger partial charge is 0.271 e. The Morgan fingerprint density at radius 2 is 1.65 bits per heavy atom. The summed E-state index contributed by atoms with van der Waals surface area (Å²) in [5.41, 5.74) is 5.28. The number of nitrogens with zero attached hydrogens (tertiary/aromatic N) is 1. The number of anilines is 1. The molecular formula is C23H19Cl2N3O3. The highest BCUT2D eigenvalue weighted by molar-refractivity contribution is 6.37. The van der Waals surface area contributed by atoms with Gasteiger partial charge in [-0.2, -0.15) is 5.10 Å². The van der Waals surface area contributed by atoms with Crippen molar-refractivity contribution in [1.82, 2.24) is 5.43 Å². The van der Waals surface area contributed by atoms with E-state index in [1.165, 1.54) is 13.2 Å². The van der Waals surface area contributed by atoms with E-state index >= 15 is 0 Å². The largest absolute Gasteiger partial charge is 0.497 e. The van der Waals surface area contributed by atoms with Crippen LogP contribution in [0, 0.1) is 0 Å². The lowest BCUT2D eigenvalue weighted by atomic mass is 10.1. The van der Waals surface area contributed by atoms with Gasteiger partial charge >= 0.3 is 0 Å². The van der Waals surface area contributed by atoms with Crippen molar-refractivity contribution in [2.24, 2.45) is 5.10 Å². The number of benzene rings is 3. The van der Waals surface area contributed by atoms with Crippen LogP contribution in [0.4, 0.5) is 5.69 Å². The summed E-state index contributed by atoms with van der Waals surface area (Å²) in [4.78, 5) is 24.7. The minimum absolute atomic E-state index is 0.274. The van der Waals surface area contributed by atoms with Crippen molar-refractivity contribution in [3.8, 4) is 5.75 Å². The molecule has 0 saturated heterocycles. The molecule has 2 N–H and O–H groups in total. The van der Waals surface area contributed by atoms with Crippen molar-refractivity contribution in [2.45, 2.75) is 6.92 Å². The van der Waals surface area contributed by atoms with Crippen LogP contribution in [0.1, 0.15) is 33.2 Å². The van der Waals surface area contributed by atoms with Crippen LogP contribution in [0.5, 0.6) is 5.75 Å². The highest BCUT2D eigenvalue weighted by atomic mass is 35.5. The van der Waals surface area contributed by atoms with Crippen molar-refractivity contribution in [2.75, 3.05) is 12.4 Å². The van der Waals surface area contributed by atoms with Crippen LogP contribution in [0.2, 0.25) is 10.0 Å². The molecule has 0 bridgehead atoms. The van der Waals surface area contributed by atoms with Crippen molar-refractivity contribution < 1.29 is 14.3 Å². The van der Waals surface area contributed by atoms with Gasteiger partial charge in [-0.15, -0.1) is 0 Å². The molecule has 0 aliphatic carbocycles. The second-order valence-electron chi connectivity index (χ2n) is 6.53. The predicted molar refractivity (Wildman–Crippen MR) is 124 cm³/mol. The standard InChI is InChI=1S/C23H19Cl2N3O3/c1-14(27-28-22(29)16-4-3-5-19(12-16)31-2)15-6-9-18(10-7-15)26-23(30)20-11-8-17(24)13-21(20)25/h3-13H,1-2H3,(H,26,30)(H,28,29)/b27-14+. The summed E-state index contributed by atoms with van der Waals surface area (Å²) in [6, 6.07) is 18.5. The normalized spacial score (nSPS) is 11.0. The zero-order valence-electron chi connectivity index (χ0n) is 16.8. The Morgan fingerprint density at radius 1 is 0.903 bits per heavy atom. The molecule has 0 aliphatic heterocycles. The van der Waals surface area contributed by atoms with Gasteiger partial charge in [-0.25, -0.2) is 5.43 Å². The fraction of sp³-hybridized carbons (Fsp3) is 0.0870. The number of halogens is 2. The third-order valence-electron chi connectivity index (χ3n) is 4.39. The molecule has 158 valence electrons. The van der Waals surface area contributed by atoms with E-state index in [0.29, 0.717) is 33.3 Å². The Hall–Kier alpha value is -3.35. The summed E-state index contributed by atoms with van der Waals surface area (Å²) in [5.74, 6) is -0.0989. The molecule has 0 spiro atoms. The molecule has 31 heavy (non-hydrogen) atoms. The zero-order chi connectivity index (χ0) is 22.4. The van der Waals surface area contributed by atoms with Gasteiger partial charge in [-0.05, 0) is 61.0 Å². The van der Waals surface area contributed by atoms with E-state index in [1.54, 1.807) is 67.6 Å². The average molecular weight is 456 g/mol. The summed E-state index contributed by atoms with van der Waals surface area (Å²) in [6.07, 6.45) is 0. The van der Waals surface area contributed by atoms with E-state index in [1.807, 2.05) is 0 Å². The Kier molecular flexibility index (Phi) is 7.28. The monoisotopic (exact) mass is 455 g/mol. The minimum Gasteiger partial charge on any atom is -0.497 e. The van der Waals surface area contributed by atoms with Gasteiger partial charge in [-0.1, -0.05) is 41.4 Å². The molecular weight excluding hydrogens is 437 g/mol. The van der Waals surface area contributed by atoms with E-state index < -0.39 is 0 Å². The predicted octanol–water partition coefficient (Wildman–Crippen LogP) is 5.41. The van der Waals surface area contributed by atoms with Crippen LogP contribution in [0.3, 0.4) is 0 Å². The first-order chi connectivity index (χ1) is 14.9. The highest BCUT2D eigenvalue weighted by Crippen LogP contribution is 2.22.